The Hall–Kier alpha value is -3.47. The van der Waals surface area contributed by atoms with Crippen molar-refractivity contribution in [3.8, 4) is 39.8 Å². The number of phenols is 1. The molecule has 4 aromatic rings. The van der Waals surface area contributed by atoms with Crippen LogP contribution in [0.15, 0.2) is 52.9 Å². The number of methoxy groups -OCH3 is 2. The Morgan fingerprint density at radius 1 is 0.857 bits per heavy atom. The molecule has 0 aliphatic carbocycles. The molecule has 3 aromatic carbocycles. The third-order valence-electron chi connectivity index (χ3n) is 4.82. The number of fused-ring (bicyclic) bond motifs is 1. The first-order chi connectivity index (χ1) is 13.5. The fraction of sp³-hybridized carbons (Fsp3) is 0.174. The molecule has 1 aromatic heterocycles. The second kappa shape index (κ2) is 6.93. The predicted molar refractivity (Wildman–Crippen MR) is 109 cm³/mol. The SMILES string of the molecule is COc1ccc(-c2nc3ccc(-c4cc(C)c(OC)c(C)c4)cc3o2)c(O)c1. The first-order valence-corrected chi connectivity index (χ1v) is 8.93. The molecular weight excluding hydrogens is 354 g/mol. The maximum Gasteiger partial charge on any atom is 0.231 e. The summed E-state index contributed by atoms with van der Waals surface area (Å²) in [6, 6.07) is 15.1. The van der Waals surface area contributed by atoms with Gasteiger partial charge in [-0.15, -0.1) is 0 Å². The maximum atomic E-state index is 10.3. The molecule has 28 heavy (non-hydrogen) atoms. The van der Waals surface area contributed by atoms with Crippen molar-refractivity contribution >= 4 is 11.1 Å². The van der Waals surface area contributed by atoms with E-state index in [0.717, 1.165) is 33.5 Å². The van der Waals surface area contributed by atoms with Crippen molar-refractivity contribution in [2.24, 2.45) is 0 Å². The first kappa shape index (κ1) is 17.9. The minimum Gasteiger partial charge on any atom is -0.507 e. The number of aromatic hydroxyl groups is 1. The summed E-state index contributed by atoms with van der Waals surface area (Å²) in [7, 11) is 3.24. The van der Waals surface area contributed by atoms with Crippen molar-refractivity contribution in [2.45, 2.75) is 13.8 Å². The monoisotopic (exact) mass is 375 g/mol. The zero-order valence-corrected chi connectivity index (χ0v) is 16.2. The van der Waals surface area contributed by atoms with E-state index in [1.165, 1.54) is 0 Å². The highest BCUT2D eigenvalue weighted by Gasteiger charge is 2.14. The van der Waals surface area contributed by atoms with Gasteiger partial charge in [-0.05, 0) is 72.5 Å². The summed E-state index contributed by atoms with van der Waals surface area (Å²) in [4.78, 5) is 4.51. The molecule has 0 spiro atoms. The van der Waals surface area contributed by atoms with Crippen LogP contribution in [-0.2, 0) is 0 Å². The van der Waals surface area contributed by atoms with Gasteiger partial charge in [-0.3, -0.25) is 0 Å². The molecule has 5 heteroatoms. The molecule has 0 aliphatic heterocycles. The van der Waals surface area contributed by atoms with Crippen LogP contribution in [-0.4, -0.2) is 24.3 Å². The van der Waals surface area contributed by atoms with Gasteiger partial charge >= 0.3 is 0 Å². The molecule has 0 saturated carbocycles. The van der Waals surface area contributed by atoms with Crippen LogP contribution in [0.5, 0.6) is 17.2 Å². The predicted octanol–water partition coefficient (Wildman–Crippen LogP) is 5.50. The van der Waals surface area contributed by atoms with Crippen LogP contribution in [0.2, 0.25) is 0 Å². The van der Waals surface area contributed by atoms with Gasteiger partial charge in [0.05, 0.1) is 19.8 Å². The zero-order chi connectivity index (χ0) is 19.8. The van der Waals surface area contributed by atoms with E-state index in [0.29, 0.717) is 22.8 Å². The molecule has 0 radical (unpaired) electrons. The van der Waals surface area contributed by atoms with Crippen LogP contribution in [0.1, 0.15) is 11.1 Å². The average molecular weight is 375 g/mol. The molecule has 4 rings (SSSR count). The van der Waals surface area contributed by atoms with E-state index in [9.17, 15) is 5.11 Å². The standard InChI is InChI=1S/C23H21NO4/c1-13-9-16(10-14(2)22(13)27-4)15-5-8-19-21(11-15)28-23(24-19)18-7-6-17(26-3)12-20(18)25/h5-12,25H,1-4H3. The fourth-order valence-corrected chi connectivity index (χ4v) is 3.48. The zero-order valence-electron chi connectivity index (χ0n) is 16.2. The summed E-state index contributed by atoms with van der Waals surface area (Å²) in [5.74, 6) is 1.91. The van der Waals surface area contributed by atoms with Crippen molar-refractivity contribution in [1.29, 1.82) is 0 Å². The molecule has 0 bridgehead atoms. The molecule has 1 heterocycles. The number of rotatable bonds is 4. The van der Waals surface area contributed by atoms with Gasteiger partial charge in [0.2, 0.25) is 5.89 Å². The summed E-state index contributed by atoms with van der Waals surface area (Å²) >= 11 is 0. The Morgan fingerprint density at radius 3 is 2.25 bits per heavy atom. The normalized spacial score (nSPS) is 11.0. The van der Waals surface area contributed by atoms with E-state index in [1.807, 2.05) is 32.0 Å². The average Bonchev–Trinajstić information content (AvgIpc) is 3.10. The molecule has 0 aliphatic rings. The quantitative estimate of drug-likeness (QED) is 0.510. The van der Waals surface area contributed by atoms with Crippen LogP contribution in [0, 0.1) is 13.8 Å². The number of hydrogen-bond acceptors (Lipinski definition) is 5. The fourth-order valence-electron chi connectivity index (χ4n) is 3.48. The van der Waals surface area contributed by atoms with Crippen LogP contribution in [0.4, 0.5) is 0 Å². The molecule has 0 amide bonds. The number of oxazole rings is 1. The molecule has 142 valence electrons. The highest BCUT2D eigenvalue weighted by molar-refractivity contribution is 5.83. The Morgan fingerprint density at radius 2 is 1.61 bits per heavy atom. The van der Waals surface area contributed by atoms with E-state index in [1.54, 1.807) is 32.4 Å². The van der Waals surface area contributed by atoms with E-state index in [2.05, 4.69) is 17.1 Å². The van der Waals surface area contributed by atoms with Crippen LogP contribution in [0.25, 0.3) is 33.7 Å². The first-order valence-electron chi connectivity index (χ1n) is 8.93. The summed E-state index contributed by atoms with van der Waals surface area (Å²) in [6.45, 7) is 4.07. The lowest BCUT2D eigenvalue weighted by Crippen LogP contribution is -1.92. The van der Waals surface area contributed by atoms with Crippen LogP contribution in [0.3, 0.4) is 0 Å². The number of hydrogen-bond donors (Lipinski definition) is 1. The van der Waals surface area contributed by atoms with Crippen molar-refractivity contribution in [2.75, 3.05) is 14.2 Å². The van der Waals surface area contributed by atoms with Gasteiger partial charge in [0.1, 0.15) is 22.8 Å². The van der Waals surface area contributed by atoms with Gasteiger partial charge < -0.3 is 19.0 Å². The number of ether oxygens (including phenoxy) is 2. The highest BCUT2D eigenvalue weighted by atomic mass is 16.5. The molecule has 0 fully saturated rings. The third-order valence-corrected chi connectivity index (χ3v) is 4.82. The Balaban J connectivity index is 1.77. The number of benzene rings is 3. The van der Waals surface area contributed by atoms with Crippen molar-refractivity contribution in [3.05, 3.63) is 59.7 Å². The summed E-state index contributed by atoms with van der Waals surface area (Å²) in [5, 5.41) is 10.3. The summed E-state index contributed by atoms with van der Waals surface area (Å²) in [6.07, 6.45) is 0. The molecule has 0 atom stereocenters. The molecular formula is C23H21NO4. The number of aromatic nitrogens is 1. The highest BCUT2D eigenvalue weighted by Crippen LogP contribution is 2.36. The van der Waals surface area contributed by atoms with Crippen molar-refractivity contribution in [3.63, 3.8) is 0 Å². The van der Waals surface area contributed by atoms with Gasteiger partial charge in [-0.25, -0.2) is 4.98 Å². The second-order valence-corrected chi connectivity index (χ2v) is 6.73. The lowest BCUT2D eigenvalue weighted by atomic mass is 9.99. The Labute approximate surface area is 163 Å². The van der Waals surface area contributed by atoms with Gasteiger partial charge in [-0.2, -0.15) is 0 Å². The topological polar surface area (TPSA) is 64.7 Å². The number of nitrogens with zero attached hydrogens (tertiary/aromatic N) is 1. The molecule has 0 unspecified atom stereocenters. The van der Waals surface area contributed by atoms with Gasteiger partial charge in [0.15, 0.2) is 5.58 Å². The minimum absolute atomic E-state index is 0.0625. The summed E-state index contributed by atoms with van der Waals surface area (Å²) < 4.78 is 16.5. The van der Waals surface area contributed by atoms with Crippen LogP contribution < -0.4 is 9.47 Å². The van der Waals surface area contributed by atoms with E-state index in [4.69, 9.17) is 13.9 Å². The maximum absolute atomic E-state index is 10.3. The van der Waals surface area contributed by atoms with E-state index in [-0.39, 0.29) is 5.75 Å². The lowest BCUT2D eigenvalue weighted by Gasteiger charge is -2.11. The third kappa shape index (κ3) is 3.05. The molecule has 5 nitrogen and oxygen atoms in total. The second-order valence-electron chi connectivity index (χ2n) is 6.73. The van der Waals surface area contributed by atoms with Gasteiger partial charge in [0, 0.05) is 6.07 Å². The Kier molecular flexibility index (Phi) is 4.43. The van der Waals surface area contributed by atoms with Gasteiger partial charge in [-0.1, -0.05) is 6.07 Å². The number of phenolic OH excluding ortho intramolecular Hbond substituents is 1. The smallest absolute Gasteiger partial charge is 0.231 e. The van der Waals surface area contributed by atoms with Gasteiger partial charge in [0.25, 0.3) is 0 Å². The molecule has 1 N–H and O–H groups in total. The van der Waals surface area contributed by atoms with E-state index >= 15 is 0 Å². The Bertz CT molecular complexity index is 1150. The minimum atomic E-state index is 0.0625. The van der Waals surface area contributed by atoms with E-state index < -0.39 is 0 Å². The van der Waals surface area contributed by atoms with Crippen molar-refractivity contribution < 1.29 is 19.0 Å². The number of aryl methyl sites for hydroxylation is 2. The largest absolute Gasteiger partial charge is 0.507 e. The van der Waals surface area contributed by atoms with Crippen LogP contribution >= 0.6 is 0 Å². The molecule has 0 saturated heterocycles. The lowest BCUT2D eigenvalue weighted by molar-refractivity contribution is 0.407. The summed E-state index contributed by atoms with van der Waals surface area (Å²) in [5.41, 5.74) is 6.20. The van der Waals surface area contributed by atoms with Crippen molar-refractivity contribution in [1.82, 2.24) is 4.98 Å².